The van der Waals surface area contributed by atoms with Crippen LogP contribution in [0.4, 0.5) is 5.82 Å². The number of pyridine rings is 1. The quantitative estimate of drug-likeness (QED) is 0.751. The lowest BCUT2D eigenvalue weighted by Gasteiger charge is -2.23. The van der Waals surface area contributed by atoms with Gasteiger partial charge in [0.05, 0.1) is 6.61 Å². The Balaban J connectivity index is 2.90. The summed E-state index contributed by atoms with van der Waals surface area (Å²) >= 11 is 0. The third kappa shape index (κ3) is 3.96. The molecule has 1 aromatic heterocycles. The predicted molar refractivity (Wildman–Crippen MR) is 76.2 cm³/mol. The van der Waals surface area contributed by atoms with Crippen molar-refractivity contribution in [2.24, 2.45) is 0 Å². The van der Waals surface area contributed by atoms with Crippen LogP contribution in [-0.4, -0.2) is 38.8 Å². The molecule has 0 saturated heterocycles. The van der Waals surface area contributed by atoms with Crippen molar-refractivity contribution in [1.82, 2.24) is 10.3 Å². The van der Waals surface area contributed by atoms with Crippen molar-refractivity contribution in [3.05, 3.63) is 22.9 Å². The Labute approximate surface area is 110 Å². The number of aromatic nitrogens is 1. The average Bonchev–Trinajstić information content (AvgIpc) is 2.32. The second-order valence-corrected chi connectivity index (χ2v) is 4.53. The summed E-state index contributed by atoms with van der Waals surface area (Å²) in [6.07, 6.45) is 0. The second-order valence-electron chi connectivity index (χ2n) is 4.53. The van der Waals surface area contributed by atoms with Crippen LogP contribution in [0.3, 0.4) is 0 Å². The Hall–Kier alpha value is -1.13. The Bertz CT molecular complexity index is 380. The molecule has 0 aliphatic heterocycles. The minimum atomic E-state index is 0.737. The third-order valence-corrected chi connectivity index (χ3v) is 2.94. The first-order chi connectivity index (χ1) is 8.60. The van der Waals surface area contributed by atoms with Gasteiger partial charge in [-0.05, 0) is 39.4 Å². The normalized spacial score (nSPS) is 10.7. The van der Waals surface area contributed by atoms with Crippen molar-refractivity contribution in [3.63, 3.8) is 0 Å². The van der Waals surface area contributed by atoms with Crippen molar-refractivity contribution in [3.8, 4) is 0 Å². The van der Waals surface area contributed by atoms with E-state index < -0.39 is 0 Å². The molecule has 1 N–H and O–H groups in total. The molecule has 0 aromatic carbocycles. The van der Waals surface area contributed by atoms with Crippen LogP contribution in [0.5, 0.6) is 0 Å². The zero-order valence-corrected chi connectivity index (χ0v) is 12.2. The monoisotopic (exact) mass is 251 g/mol. The Kier molecular flexibility index (Phi) is 6.09. The summed E-state index contributed by atoms with van der Waals surface area (Å²) in [5.41, 5.74) is 3.61. The van der Waals surface area contributed by atoms with Crippen LogP contribution >= 0.6 is 0 Å². The van der Waals surface area contributed by atoms with Crippen molar-refractivity contribution >= 4 is 5.82 Å². The van der Waals surface area contributed by atoms with Gasteiger partial charge >= 0.3 is 0 Å². The van der Waals surface area contributed by atoms with Gasteiger partial charge in [0.15, 0.2) is 0 Å². The van der Waals surface area contributed by atoms with Gasteiger partial charge in [-0.1, -0.05) is 0 Å². The van der Waals surface area contributed by atoms with E-state index in [0.717, 1.165) is 37.8 Å². The molecule has 0 bridgehead atoms. The van der Waals surface area contributed by atoms with E-state index in [1.165, 1.54) is 11.1 Å². The number of nitrogens with one attached hydrogen (secondary N) is 1. The SMILES string of the molecule is CCOCCN(C)c1nc(C)cc(C)c1CNC. The number of anilines is 1. The number of likely N-dealkylation sites (N-methyl/N-ethyl adjacent to an activating group) is 1. The summed E-state index contributed by atoms with van der Waals surface area (Å²) in [7, 11) is 4.03. The standard InChI is InChI=1S/C14H25N3O/c1-6-18-8-7-17(5)14-13(10-15-4)11(2)9-12(3)16-14/h9,15H,6-8,10H2,1-5H3. The fraction of sp³-hybridized carbons (Fsp3) is 0.643. The third-order valence-electron chi connectivity index (χ3n) is 2.94. The van der Waals surface area contributed by atoms with Crippen LogP contribution in [-0.2, 0) is 11.3 Å². The minimum absolute atomic E-state index is 0.737. The smallest absolute Gasteiger partial charge is 0.133 e. The fourth-order valence-electron chi connectivity index (χ4n) is 2.01. The Morgan fingerprint density at radius 3 is 2.72 bits per heavy atom. The molecule has 1 heterocycles. The van der Waals surface area contributed by atoms with E-state index in [9.17, 15) is 0 Å². The number of rotatable bonds is 7. The van der Waals surface area contributed by atoms with Gasteiger partial charge in [0, 0.05) is 38.0 Å². The maximum absolute atomic E-state index is 5.40. The minimum Gasteiger partial charge on any atom is -0.380 e. The maximum atomic E-state index is 5.40. The summed E-state index contributed by atoms with van der Waals surface area (Å²) in [4.78, 5) is 6.83. The Morgan fingerprint density at radius 2 is 2.11 bits per heavy atom. The summed E-state index contributed by atoms with van der Waals surface area (Å²) in [6.45, 7) is 9.39. The van der Waals surface area contributed by atoms with Crippen LogP contribution < -0.4 is 10.2 Å². The van der Waals surface area contributed by atoms with Gasteiger partial charge < -0.3 is 15.0 Å². The molecule has 0 atom stereocenters. The topological polar surface area (TPSA) is 37.4 Å². The van der Waals surface area contributed by atoms with Crippen molar-refractivity contribution in [2.45, 2.75) is 27.3 Å². The van der Waals surface area contributed by atoms with E-state index in [-0.39, 0.29) is 0 Å². The molecule has 0 radical (unpaired) electrons. The van der Waals surface area contributed by atoms with Crippen molar-refractivity contribution in [2.75, 3.05) is 38.8 Å². The molecular weight excluding hydrogens is 226 g/mol. The zero-order valence-electron chi connectivity index (χ0n) is 12.2. The van der Waals surface area contributed by atoms with Gasteiger partial charge in [-0.15, -0.1) is 0 Å². The van der Waals surface area contributed by atoms with E-state index in [2.05, 4.69) is 35.2 Å². The first kappa shape index (κ1) is 14.9. The predicted octanol–water partition coefficient (Wildman–Crippen LogP) is 1.89. The molecule has 0 amide bonds. The second kappa shape index (κ2) is 7.34. The molecule has 1 rings (SSSR count). The van der Waals surface area contributed by atoms with E-state index in [1.54, 1.807) is 0 Å². The van der Waals surface area contributed by atoms with Crippen LogP contribution in [0, 0.1) is 13.8 Å². The van der Waals surface area contributed by atoms with Gasteiger partial charge in [0.1, 0.15) is 5.82 Å². The highest BCUT2D eigenvalue weighted by atomic mass is 16.5. The number of hydrogen-bond donors (Lipinski definition) is 1. The van der Waals surface area contributed by atoms with Gasteiger partial charge in [0.2, 0.25) is 0 Å². The lowest BCUT2D eigenvalue weighted by molar-refractivity contribution is 0.154. The van der Waals surface area contributed by atoms with Crippen molar-refractivity contribution < 1.29 is 4.74 Å². The molecule has 4 nitrogen and oxygen atoms in total. The maximum Gasteiger partial charge on any atom is 0.133 e. The highest BCUT2D eigenvalue weighted by molar-refractivity contribution is 5.51. The number of hydrogen-bond acceptors (Lipinski definition) is 4. The van der Waals surface area contributed by atoms with Crippen LogP contribution in [0.2, 0.25) is 0 Å². The molecular formula is C14H25N3O. The van der Waals surface area contributed by atoms with E-state index in [4.69, 9.17) is 4.74 Å². The molecule has 102 valence electrons. The van der Waals surface area contributed by atoms with Gasteiger partial charge in [-0.25, -0.2) is 4.98 Å². The molecule has 0 saturated carbocycles. The van der Waals surface area contributed by atoms with Gasteiger partial charge in [-0.3, -0.25) is 0 Å². The summed E-state index contributed by atoms with van der Waals surface area (Å²) in [6, 6.07) is 2.13. The summed E-state index contributed by atoms with van der Waals surface area (Å²) < 4.78 is 5.40. The Morgan fingerprint density at radius 1 is 1.39 bits per heavy atom. The van der Waals surface area contributed by atoms with E-state index >= 15 is 0 Å². The lowest BCUT2D eigenvalue weighted by atomic mass is 10.1. The molecule has 0 fully saturated rings. The first-order valence-corrected chi connectivity index (χ1v) is 6.50. The number of ether oxygens (including phenoxy) is 1. The zero-order chi connectivity index (χ0) is 13.5. The fourth-order valence-corrected chi connectivity index (χ4v) is 2.01. The van der Waals surface area contributed by atoms with Crippen molar-refractivity contribution in [1.29, 1.82) is 0 Å². The molecule has 0 aliphatic carbocycles. The molecule has 1 aromatic rings. The summed E-state index contributed by atoms with van der Waals surface area (Å²) in [5, 5.41) is 3.21. The molecule has 0 aliphatic rings. The molecule has 0 unspecified atom stereocenters. The van der Waals surface area contributed by atoms with Crippen LogP contribution in [0.15, 0.2) is 6.07 Å². The number of nitrogens with zero attached hydrogens (tertiary/aromatic N) is 2. The highest BCUT2D eigenvalue weighted by Gasteiger charge is 2.12. The van der Waals surface area contributed by atoms with Gasteiger partial charge in [0.25, 0.3) is 0 Å². The van der Waals surface area contributed by atoms with E-state index in [0.29, 0.717) is 0 Å². The molecule has 4 heteroatoms. The largest absolute Gasteiger partial charge is 0.380 e. The van der Waals surface area contributed by atoms with Crippen LogP contribution in [0.25, 0.3) is 0 Å². The average molecular weight is 251 g/mol. The molecule has 18 heavy (non-hydrogen) atoms. The lowest BCUT2D eigenvalue weighted by Crippen LogP contribution is -2.26. The number of aryl methyl sites for hydroxylation is 2. The highest BCUT2D eigenvalue weighted by Crippen LogP contribution is 2.21. The van der Waals surface area contributed by atoms with Gasteiger partial charge in [-0.2, -0.15) is 0 Å². The van der Waals surface area contributed by atoms with E-state index in [1.807, 2.05) is 20.9 Å². The molecule has 0 spiro atoms. The summed E-state index contributed by atoms with van der Waals surface area (Å²) in [5.74, 6) is 1.06. The van der Waals surface area contributed by atoms with Crippen LogP contribution in [0.1, 0.15) is 23.7 Å². The first-order valence-electron chi connectivity index (χ1n) is 6.50.